The Morgan fingerprint density at radius 1 is 0.849 bits per heavy atom. The number of benzene rings is 2. The summed E-state index contributed by atoms with van der Waals surface area (Å²) < 4.78 is 6.36. The molecule has 0 unspecified atom stereocenters. The first kappa shape index (κ1) is 48.8. The molecule has 73 heavy (non-hydrogen) atoms. The molecular weight excluding hydrogens is 915 g/mol. The van der Waals surface area contributed by atoms with E-state index in [1.165, 1.54) is 18.4 Å². The van der Waals surface area contributed by atoms with Crippen molar-refractivity contribution in [2.75, 3.05) is 6.73 Å². The van der Waals surface area contributed by atoms with Crippen molar-refractivity contribution in [3.63, 3.8) is 0 Å². The normalized spacial score (nSPS) is 48.4. The molecular formula is C63H77NO9. The lowest BCUT2D eigenvalue weighted by Gasteiger charge is -2.75. The summed E-state index contributed by atoms with van der Waals surface area (Å²) in [5.74, 6) is 10.4. The van der Waals surface area contributed by atoms with E-state index in [4.69, 9.17) is 4.74 Å². The minimum Gasteiger partial charge on any atom is -0.454 e. The molecule has 21 atom stereocenters. The van der Waals surface area contributed by atoms with Crippen LogP contribution in [0.2, 0.25) is 0 Å². The number of rotatable bonds is 7. The van der Waals surface area contributed by atoms with Gasteiger partial charge >= 0.3 is 5.97 Å². The van der Waals surface area contributed by atoms with Crippen molar-refractivity contribution in [2.24, 2.45) is 87.3 Å². The summed E-state index contributed by atoms with van der Waals surface area (Å²) in [5.41, 5.74) is -6.05. The number of esters is 1. The maximum Gasteiger partial charge on any atom is 0.331 e. The van der Waals surface area contributed by atoms with Crippen LogP contribution < -0.4 is 5.32 Å². The van der Waals surface area contributed by atoms with Gasteiger partial charge in [-0.3, -0.25) is 5.32 Å². The fourth-order valence-electron chi connectivity index (χ4n) is 20.9. The molecule has 8 fully saturated rings. The maximum atomic E-state index is 15.4. The third-order valence-electron chi connectivity index (χ3n) is 23.8. The predicted octanol–water partition coefficient (Wildman–Crippen LogP) is 6.84. The average Bonchev–Trinajstić information content (AvgIpc) is 4.18. The zero-order valence-electron chi connectivity index (χ0n) is 42.6. The highest BCUT2D eigenvalue weighted by Crippen LogP contribution is 2.80. The van der Waals surface area contributed by atoms with Crippen molar-refractivity contribution in [1.82, 2.24) is 5.32 Å². The SMILES string of the molecule is C[C@H](C1CCCC1)[C@@H]1CC[C@H]2[C@@H](O)[C@]34CC[C@H](C3)[C@H](Cc3ccccc3)CC#C[C@H]3C[C@@]56CCC#Cc7ccccc7C[C@H](NCO)[C@H]7C[C@@H](C[C@]5(O)[C@]5(O)[C@H](O)[C@H](C1)[C@@]2(O)[C@](C=O)(C4)[C@@H]35)[C@@H]6C1=CC(=O)O[C@@H]17. The largest absolute Gasteiger partial charge is 0.454 e. The molecule has 0 saturated heterocycles. The Morgan fingerprint density at radius 2 is 1.64 bits per heavy atom. The number of ether oxygens (including phenoxy) is 1. The van der Waals surface area contributed by atoms with E-state index in [1.54, 1.807) is 6.08 Å². The third-order valence-corrected chi connectivity index (χ3v) is 23.8. The Hall–Kier alpha value is -3.84. The summed E-state index contributed by atoms with van der Waals surface area (Å²) in [6.07, 6.45) is 11.3. The smallest absolute Gasteiger partial charge is 0.331 e. The van der Waals surface area contributed by atoms with Gasteiger partial charge in [-0.05, 0) is 153 Å². The van der Waals surface area contributed by atoms with Crippen molar-refractivity contribution in [2.45, 2.75) is 170 Å². The van der Waals surface area contributed by atoms with Crippen LogP contribution in [0.1, 0.15) is 133 Å². The van der Waals surface area contributed by atoms with Gasteiger partial charge < -0.3 is 40.2 Å². The molecule has 0 radical (unpaired) electrons. The molecule has 8 saturated carbocycles. The lowest BCUT2D eigenvalue weighted by Crippen LogP contribution is -2.87. The lowest BCUT2D eigenvalue weighted by atomic mass is 9.31. The van der Waals surface area contributed by atoms with E-state index in [-0.39, 0.29) is 67.5 Å². The molecule has 11 aliphatic rings. The minimum atomic E-state index is -2.36. The van der Waals surface area contributed by atoms with Gasteiger partial charge in [-0.15, -0.1) is 5.92 Å². The Kier molecular flexibility index (Phi) is 11.8. The zero-order chi connectivity index (χ0) is 50.3. The average molecular weight is 992 g/mol. The van der Waals surface area contributed by atoms with E-state index in [2.05, 4.69) is 66.3 Å². The first-order valence-corrected chi connectivity index (χ1v) is 28.6. The summed E-state index contributed by atoms with van der Waals surface area (Å²) in [6.45, 7) is 2.02. The van der Waals surface area contributed by atoms with Gasteiger partial charge in [0.1, 0.15) is 23.6 Å². The molecule has 0 aromatic heterocycles. The van der Waals surface area contributed by atoms with Gasteiger partial charge in [0, 0.05) is 65.5 Å². The highest BCUT2D eigenvalue weighted by atomic mass is 16.5. The fraction of sp³-hybridized carbons (Fsp3) is 0.683. The summed E-state index contributed by atoms with van der Waals surface area (Å²) in [7, 11) is 0. The second-order valence-electron chi connectivity index (χ2n) is 26.2. The summed E-state index contributed by atoms with van der Waals surface area (Å²) in [6, 6.07) is 18.2. The quantitative estimate of drug-likeness (QED) is 0.0673. The van der Waals surface area contributed by atoms with Crippen LogP contribution >= 0.6 is 0 Å². The van der Waals surface area contributed by atoms with Crippen LogP contribution in [-0.2, 0) is 27.2 Å². The van der Waals surface area contributed by atoms with Crippen molar-refractivity contribution in [3.05, 3.63) is 82.9 Å². The molecule has 10 aliphatic carbocycles. The molecule has 7 bridgehead atoms. The number of aliphatic hydroxyl groups excluding tert-OH is 3. The molecule has 13 rings (SSSR count). The lowest BCUT2D eigenvalue weighted by molar-refractivity contribution is -0.390. The molecule has 1 aliphatic heterocycles. The van der Waals surface area contributed by atoms with Gasteiger partial charge in [-0.25, -0.2) is 4.79 Å². The first-order chi connectivity index (χ1) is 35.3. The molecule has 2 aromatic carbocycles. The number of nitrogens with one attached hydrogen (secondary N) is 1. The standard InChI is InChI=1S/C63H77NO9/c1-37(39-14-5-6-15-39)41-21-22-49-56(68)58-25-23-44(31-58)42(26-38-12-3-2-4-13-38)19-11-20-45-32-59-24-10-9-17-40-16-7-8-18-43(40)29-51(64-36-66)47-27-46(53(59)48-30-52(67)73-54(47)48)33-61(59,70)63(72)55(45)60(34-58,35-65)62(49,71)50(28-41)57(63)69/h2-4,7-8,12-13,16,18,30,35,37,39,41-42,44-47,49-51,53-57,64,66,68-72H,5-6,10,14-15,19,21-29,31-34,36H2,1H3/t37-,41-,42+,44-,45+,46+,47-,49+,50+,51+,53-,54-,55-,56-,57-,58-,59-,60+,61-,62-,63-/m1/s1. The fourth-order valence-corrected chi connectivity index (χ4v) is 20.9. The molecule has 10 nitrogen and oxygen atoms in total. The van der Waals surface area contributed by atoms with Crippen molar-refractivity contribution in [1.29, 1.82) is 0 Å². The first-order valence-electron chi connectivity index (χ1n) is 28.6. The van der Waals surface area contributed by atoms with Crippen molar-refractivity contribution >= 4 is 12.3 Å². The van der Waals surface area contributed by atoms with E-state index in [0.29, 0.717) is 63.7 Å². The van der Waals surface area contributed by atoms with Gasteiger partial charge in [-0.1, -0.05) is 98.9 Å². The minimum absolute atomic E-state index is 0.0493. The van der Waals surface area contributed by atoms with Crippen LogP contribution in [0.25, 0.3) is 0 Å². The molecule has 10 heteroatoms. The van der Waals surface area contributed by atoms with Gasteiger partial charge in [-0.2, -0.15) is 0 Å². The van der Waals surface area contributed by atoms with Crippen LogP contribution in [0, 0.1) is 111 Å². The summed E-state index contributed by atoms with van der Waals surface area (Å²) in [4.78, 5) is 29.2. The molecule has 2 spiro atoms. The summed E-state index contributed by atoms with van der Waals surface area (Å²) in [5, 5.41) is 85.7. The molecule has 7 N–H and O–H groups in total. The molecule has 388 valence electrons. The number of fused-ring (bicyclic) bond motifs is 6. The highest BCUT2D eigenvalue weighted by molar-refractivity contribution is 5.86. The van der Waals surface area contributed by atoms with Gasteiger partial charge in [0.25, 0.3) is 0 Å². The number of aliphatic hydroxyl groups is 6. The van der Waals surface area contributed by atoms with Gasteiger partial charge in [0.05, 0.1) is 30.0 Å². The number of aldehydes is 1. The van der Waals surface area contributed by atoms with Gasteiger partial charge in [0.15, 0.2) is 0 Å². The van der Waals surface area contributed by atoms with Crippen molar-refractivity contribution in [3.8, 4) is 23.7 Å². The van der Waals surface area contributed by atoms with Crippen LogP contribution in [0.15, 0.2) is 66.2 Å². The summed E-state index contributed by atoms with van der Waals surface area (Å²) >= 11 is 0. The second-order valence-corrected chi connectivity index (χ2v) is 26.2. The second kappa shape index (κ2) is 17.6. The van der Waals surface area contributed by atoms with Crippen LogP contribution in [0.4, 0.5) is 0 Å². The number of hydrogen-bond donors (Lipinski definition) is 7. The Balaban J connectivity index is 1.04. The Morgan fingerprint density at radius 3 is 2.44 bits per heavy atom. The third kappa shape index (κ3) is 6.69. The topological polar surface area (TPSA) is 177 Å². The number of carbonyl (C=O) groups is 2. The van der Waals surface area contributed by atoms with E-state index < -0.39 is 86.9 Å². The van der Waals surface area contributed by atoms with E-state index >= 15 is 9.90 Å². The number of carbonyl (C=O) groups excluding carboxylic acids is 2. The Labute approximate surface area is 431 Å². The van der Waals surface area contributed by atoms with Crippen LogP contribution in [0.5, 0.6) is 0 Å². The molecule has 1 heterocycles. The van der Waals surface area contributed by atoms with E-state index in [9.17, 15) is 30.3 Å². The van der Waals surface area contributed by atoms with Crippen LogP contribution in [0.3, 0.4) is 0 Å². The van der Waals surface area contributed by atoms with E-state index in [1.807, 2.05) is 24.3 Å². The Bertz CT molecular complexity index is 2680. The predicted molar refractivity (Wildman–Crippen MR) is 273 cm³/mol. The van der Waals surface area contributed by atoms with E-state index in [0.717, 1.165) is 55.1 Å². The monoisotopic (exact) mass is 992 g/mol. The van der Waals surface area contributed by atoms with Gasteiger partial charge in [0.2, 0.25) is 0 Å². The number of hydrogen-bond acceptors (Lipinski definition) is 10. The molecule has 2 aromatic rings. The maximum absolute atomic E-state index is 15.4. The van der Waals surface area contributed by atoms with Crippen LogP contribution in [-0.4, -0.2) is 90.8 Å². The van der Waals surface area contributed by atoms with Crippen molar-refractivity contribution < 1.29 is 45.0 Å². The molecule has 0 amide bonds. The zero-order valence-corrected chi connectivity index (χ0v) is 42.6. The highest BCUT2D eigenvalue weighted by Gasteiger charge is 2.88.